The molecule has 1 aromatic heterocycles. The fourth-order valence-electron chi connectivity index (χ4n) is 4.00. The van der Waals surface area contributed by atoms with Crippen molar-refractivity contribution in [1.82, 2.24) is 4.57 Å². The SMILES string of the molecule is C[n+]1ccn(CCP(C2CCCC2)C2CCCC2)c1. The lowest BCUT2D eigenvalue weighted by Gasteiger charge is -2.29. The fourth-order valence-corrected chi connectivity index (χ4v) is 7.85. The van der Waals surface area contributed by atoms with Gasteiger partial charge in [0.25, 0.3) is 0 Å². The standard InChI is InChI=1S/C16H28N2P/c1-17-10-11-18(14-17)12-13-19(15-6-2-3-7-15)16-8-4-5-9-16/h10-11,14-16H,2-9,12-13H2,1H3/q+1. The summed E-state index contributed by atoms with van der Waals surface area (Å²) < 4.78 is 4.55. The van der Waals surface area contributed by atoms with Gasteiger partial charge in [-0.3, -0.25) is 0 Å². The van der Waals surface area contributed by atoms with Gasteiger partial charge in [0.2, 0.25) is 6.33 Å². The van der Waals surface area contributed by atoms with E-state index in [1.165, 1.54) is 38.4 Å². The molecule has 0 amide bonds. The Hall–Kier alpha value is -0.360. The third-order valence-electron chi connectivity index (χ3n) is 5.03. The van der Waals surface area contributed by atoms with Gasteiger partial charge in [-0.25, -0.2) is 9.13 Å². The summed E-state index contributed by atoms with van der Waals surface area (Å²) in [6.45, 7) is 1.25. The quantitative estimate of drug-likeness (QED) is 0.574. The van der Waals surface area contributed by atoms with Crippen LogP contribution in [0.4, 0.5) is 0 Å². The predicted molar refractivity (Wildman–Crippen MR) is 81.9 cm³/mol. The first-order valence-corrected chi connectivity index (χ1v) is 9.76. The van der Waals surface area contributed by atoms with E-state index in [9.17, 15) is 0 Å². The highest BCUT2D eigenvalue weighted by Gasteiger charge is 2.32. The second-order valence-electron chi connectivity index (χ2n) is 6.43. The van der Waals surface area contributed by atoms with Crippen LogP contribution in [0.1, 0.15) is 51.4 Å². The van der Waals surface area contributed by atoms with E-state index in [-0.39, 0.29) is 0 Å². The molecule has 0 bridgehead atoms. The Morgan fingerprint density at radius 2 is 1.63 bits per heavy atom. The molecule has 1 aromatic rings. The summed E-state index contributed by atoms with van der Waals surface area (Å²) in [4.78, 5) is 0. The molecule has 2 nitrogen and oxygen atoms in total. The maximum absolute atomic E-state index is 2.39. The van der Waals surface area contributed by atoms with Crippen LogP contribution >= 0.6 is 7.92 Å². The molecule has 0 spiro atoms. The van der Waals surface area contributed by atoms with Crippen molar-refractivity contribution in [3.8, 4) is 0 Å². The molecule has 2 aliphatic rings. The molecular weight excluding hydrogens is 251 g/mol. The summed E-state index contributed by atoms with van der Waals surface area (Å²) in [5.74, 6) is 0. The van der Waals surface area contributed by atoms with E-state index in [2.05, 4.69) is 34.9 Å². The van der Waals surface area contributed by atoms with Crippen LogP contribution in [0, 0.1) is 0 Å². The lowest BCUT2D eigenvalue weighted by atomic mass is 10.4. The van der Waals surface area contributed by atoms with Gasteiger partial charge in [-0.05, 0) is 37.0 Å². The van der Waals surface area contributed by atoms with Gasteiger partial charge in [-0.2, -0.15) is 0 Å². The van der Waals surface area contributed by atoms with Crippen LogP contribution in [-0.2, 0) is 13.6 Å². The number of hydrogen-bond acceptors (Lipinski definition) is 0. The van der Waals surface area contributed by atoms with Crippen molar-refractivity contribution in [3.05, 3.63) is 18.7 Å². The number of aromatic nitrogens is 2. The smallest absolute Gasteiger partial charge is 0.240 e. The highest BCUT2D eigenvalue weighted by atomic mass is 31.1. The van der Waals surface area contributed by atoms with E-state index in [1.54, 1.807) is 25.7 Å². The zero-order valence-electron chi connectivity index (χ0n) is 12.3. The molecule has 19 heavy (non-hydrogen) atoms. The summed E-state index contributed by atoms with van der Waals surface area (Å²) in [7, 11) is 2.41. The lowest BCUT2D eigenvalue weighted by molar-refractivity contribution is -0.671. The molecule has 0 radical (unpaired) electrons. The zero-order valence-corrected chi connectivity index (χ0v) is 13.2. The van der Waals surface area contributed by atoms with Crippen LogP contribution in [0.15, 0.2) is 18.7 Å². The Morgan fingerprint density at radius 1 is 1.05 bits per heavy atom. The van der Waals surface area contributed by atoms with Gasteiger partial charge in [-0.1, -0.05) is 33.6 Å². The third-order valence-corrected chi connectivity index (χ3v) is 8.65. The Morgan fingerprint density at radius 3 is 2.11 bits per heavy atom. The van der Waals surface area contributed by atoms with Crippen LogP contribution < -0.4 is 4.57 Å². The summed E-state index contributed by atoms with van der Waals surface area (Å²) >= 11 is 0. The van der Waals surface area contributed by atoms with Crippen LogP contribution in [0.5, 0.6) is 0 Å². The minimum absolute atomic E-state index is 0.293. The molecule has 1 heterocycles. The average Bonchev–Trinajstić information content (AvgIpc) is 3.11. The first kappa shape index (κ1) is 13.6. The van der Waals surface area contributed by atoms with Gasteiger partial charge >= 0.3 is 0 Å². The molecule has 106 valence electrons. The van der Waals surface area contributed by atoms with Crippen molar-refractivity contribution in [3.63, 3.8) is 0 Å². The second-order valence-corrected chi connectivity index (χ2v) is 9.37. The molecular formula is C16H28N2P+. The highest BCUT2D eigenvalue weighted by Crippen LogP contribution is 2.56. The van der Waals surface area contributed by atoms with E-state index in [0.717, 1.165) is 11.3 Å². The maximum atomic E-state index is 2.39. The number of rotatable bonds is 5. The monoisotopic (exact) mass is 279 g/mol. The fraction of sp³-hybridized carbons (Fsp3) is 0.812. The van der Waals surface area contributed by atoms with E-state index >= 15 is 0 Å². The van der Waals surface area contributed by atoms with E-state index in [0.29, 0.717) is 7.92 Å². The van der Waals surface area contributed by atoms with Crippen LogP contribution in [0.3, 0.4) is 0 Å². The van der Waals surface area contributed by atoms with E-state index in [4.69, 9.17) is 0 Å². The predicted octanol–water partition coefficient (Wildman–Crippen LogP) is 3.68. The van der Waals surface area contributed by atoms with Crippen molar-refractivity contribution in [1.29, 1.82) is 0 Å². The number of nitrogens with zero attached hydrogens (tertiary/aromatic N) is 2. The largest absolute Gasteiger partial charge is 0.243 e. The maximum Gasteiger partial charge on any atom is 0.243 e. The first-order chi connectivity index (χ1) is 9.33. The molecule has 0 N–H and O–H groups in total. The van der Waals surface area contributed by atoms with Gasteiger partial charge in [0.1, 0.15) is 12.4 Å². The minimum Gasteiger partial charge on any atom is -0.240 e. The van der Waals surface area contributed by atoms with Gasteiger partial charge < -0.3 is 0 Å². The third kappa shape index (κ3) is 3.40. The average molecular weight is 279 g/mol. The lowest BCUT2D eigenvalue weighted by Crippen LogP contribution is -2.24. The van der Waals surface area contributed by atoms with Crippen molar-refractivity contribution in [2.75, 3.05) is 6.16 Å². The van der Waals surface area contributed by atoms with Gasteiger partial charge in [-0.15, -0.1) is 0 Å². The molecule has 0 saturated heterocycles. The Bertz CT molecular complexity index is 373. The first-order valence-electron chi connectivity index (χ1n) is 8.10. The van der Waals surface area contributed by atoms with Crippen LogP contribution in [0.2, 0.25) is 0 Å². The zero-order chi connectivity index (χ0) is 13.1. The number of aryl methyl sites for hydroxylation is 2. The van der Waals surface area contributed by atoms with Crippen LogP contribution in [-0.4, -0.2) is 22.0 Å². The van der Waals surface area contributed by atoms with Gasteiger partial charge in [0.05, 0.1) is 13.6 Å². The van der Waals surface area contributed by atoms with Crippen molar-refractivity contribution >= 4 is 7.92 Å². The molecule has 2 fully saturated rings. The van der Waals surface area contributed by atoms with E-state index < -0.39 is 0 Å². The molecule has 3 heteroatoms. The van der Waals surface area contributed by atoms with Gasteiger partial charge in [0.15, 0.2) is 0 Å². The Labute approximate surface area is 119 Å². The summed E-state index contributed by atoms with van der Waals surface area (Å²) in [6, 6.07) is 0. The molecule has 0 atom stereocenters. The Kier molecular flexibility index (Phi) is 4.58. The molecule has 0 aliphatic heterocycles. The summed E-state index contributed by atoms with van der Waals surface area (Å²) in [5, 5.41) is 0. The van der Waals surface area contributed by atoms with Gasteiger partial charge in [0, 0.05) is 6.16 Å². The number of hydrogen-bond donors (Lipinski definition) is 0. The van der Waals surface area contributed by atoms with Crippen LogP contribution in [0.25, 0.3) is 0 Å². The molecule has 2 aliphatic carbocycles. The minimum atomic E-state index is 0.293. The summed E-state index contributed by atoms with van der Waals surface area (Å²) in [5.41, 5.74) is 2.23. The second kappa shape index (κ2) is 6.39. The van der Waals surface area contributed by atoms with E-state index in [1.807, 2.05) is 0 Å². The van der Waals surface area contributed by atoms with Crippen molar-refractivity contribution < 1.29 is 4.57 Å². The molecule has 2 saturated carbocycles. The molecule has 0 aromatic carbocycles. The summed E-state index contributed by atoms with van der Waals surface area (Å²) in [6.07, 6.45) is 20.3. The highest BCUT2D eigenvalue weighted by molar-refractivity contribution is 7.59. The van der Waals surface area contributed by atoms with Crippen molar-refractivity contribution in [2.45, 2.75) is 69.2 Å². The normalized spacial score (nSPS) is 21.8. The Balaban J connectivity index is 1.61. The number of imidazole rings is 1. The molecule has 0 unspecified atom stereocenters. The topological polar surface area (TPSA) is 8.81 Å². The van der Waals surface area contributed by atoms with Crippen molar-refractivity contribution in [2.24, 2.45) is 7.05 Å². The molecule has 3 rings (SSSR count).